The number of benzene rings is 1. The zero-order valence-electron chi connectivity index (χ0n) is 13.1. The summed E-state index contributed by atoms with van der Waals surface area (Å²) in [6.07, 6.45) is 2.08. The molecule has 1 fully saturated rings. The van der Waals surface area contributed by atoms with E-state index in [0.717, 1.165) is 23.0 Å². The molecule has 1 saturated heterocycles. The molecule has 0 bridgehead atoms. The third-order valence-corrected chi connectivity index (χ3v) is 4.69. The number of piperidine rings is 1. The van der Waals surface area contributed by atoms with Crippen molar-refractivity contribution in [3.05, 3.63) is 40.1 Å². The van der Waals surface area contributed by atoms with E-state index in [1.165, 1.54) is 4.90 Å². The van der Waals surface area contributed by atoms with Crippen molar-refractivity contribution in [1.29, 1.82) is 0 Å². The van der Waals surface area contributed by atoms with Gasteiger partial charge < -0.3 is 10.0 Å². The highest BCUT2D eigenvalue weighted by atomic mass is 79.9. The zero-order valence-corrected chi connectivity index (χ0v) is 14.7. The number of carboxylic acids is 1. The summed E-state index contributed by atoms with van der Waals surface area (Å²) in [5, 5.41) is 17.4. The third-order valence-electron chi connectivity index (χ3n) is 4.20. The normalized spacial score (nSPS) is 17.8. The van der Waals surface area contributed by atoms with Crippen LogP contribution in [0.15, 0.2) is 28.7 Å². The van der Waals surface area contributed by atoms with Crippen molar-refractivity contribution in [3.8, 4) is 5.69 Å². The van der Waals surface area contributed by atoms with Gasteiger partial charge in [-0.2, -0.15) is 0 Å². The number of carbonyl (C=O) groups excluding carboxylic acids is 1. The molecule has 0 saturated carbocycles. The lowest BCUT2D eigenvalue weighted by molar-refractivity contribution is -0.143. The molecule has 0 aliphatic carbocycles. The van der Waals surface area contributed by atoms with Crippen LogP contribution in [0.5, 0.6) is 0 Å². The molecule has 1 aromatic heterocycles. The molecule has 8 heteroatoms. The molecule has 7 nitrogen and oxygen atoms in total. The molecule has 1 amide bonds. The number of amides is 1. The monoisotopic (exact) mass is 392 g/mol. The molecule has 126 valence electrons. The number of aromatic nitrogens is 3. The van der Waals surface area contributed by atoms with Gasteiger partial charge in [-0.1, -0.05) is 27.2 Å². The highest BCUT2D eigenvalue weighted by molar-refractivity contribution is 9.10. The summed E-state index contributed by atoms with van der Waals surface area (Å²) < 4.78 is 2.47. The molecule has 0 unspecified atom stereocenters. The quantitative estimate of drug-likeness (QED) is 0.866. The van der Waals surface area contributed by atoms with Crippen LogP contribution in [0.2, 0.25) is 0 Å². The molecule has 2 aromatic rings. The molecule has 24 heavy (non-hydrogen) atoms. The van der Waals surface area contributed by atoms with E-state index in [9.17, 15) is 14.7 Å². The summed E-state index contributed by atoms with van der Waals surface area (Å²) in [5.74, 6) is -1.35. The second-order valence-corrected chi connectivity index (χ2v) is 6.68. The first kappa shape index (κ1) is 16.6. The third kappa shape index (κ3) is 3.06. The predicted octanol–water partition coefficient (Wildman–Crippen LogP) is 2.42. The van der Waals surface area contributed by atoms with Crippen molar-refractivity contribution in [2.45, 2.75) is 32.2 Å². The Morgan fingerprint density at radius 1 is 1.33 bits per heavy atom. The van der Waals surface area contributed by atoms with E-state index >= 15 is 0 Å². The van der Waals surface area contributed by atoms with E-state index in [1.54, 1.807) is 11.6 Å². The minimum absolute atomic E-state index is 0.197. The van der Waals surface area contributed by atoms with Gasteiger partial charge in [-0.15, -0.1) is 5.10 Å². The molecule has 0 spiro atoms. The smallest absolute Gasteiger partial charge is 0.326 e. The van der Waals surface area contributed by atoms with Gasteiger partial charge >= 0.3 is 5.97 Å². The Hall–Kier alpha value is -2.22. The van der Waals surface area contributed by atoms with Gasteiger partial charge in [0.25, 0.3) is 5.91 Å². The number of likely N-dealkylation sites (tertiary alicyclic amines) is 1. The minimum atomic E-state index is -0.972. The summed E-state index contributed by atoms with van der Waals surface area (Å²) in [7, 11) is 0. The number of nitrogens with zero attached hydrogens (tertiary/aromatic N) is 4. The molecule has 1 aliphatic heterocycles. The largest absolute Gasteiger partial charge is 0.480 e. The van der Waals surface area contributed by atoms with Crippen LogP contribution in [-0.2, 0) is 4.79 Å². The number of rotatable bonds is 3. The SMILES string of the molecule is Cc1c(C(=O)N2CCCC[C@@H]2C(=O)O)nnn1-c1cccc(Br)c1. The van der Waals surface area contributed by atoms with Gasteiger partial charge in [-0.25, -0.2) is 9.48 Å². The van der Waals surface area contributed by atoms with Crippen molar-refractivity contribution >= 4 is 27.8 Å². The molecule has 1 aliphatic rings. The maximum atomic E-state index is 12.8. The van der Waals surface area contributed by atoms with Crippen LogP contribution in [0.3, 0.4) is 0 Å². The lowest BCUT2D eigenvalue weighted by Crippen LogP contribution is -2.48. The number of carboxylic acid groups (broad SMARTS) is 1. The minimum Gasteiger partial charge on any atom is -0.480 e. The first-order valence-corrected chi connectivity index (χ1v) is 8.50. The van der Waals surface area contributed by atoms with E-state index in [-0.39, 0.29) is 11.6 Å². The van der Waals surface area contributed by atoms with Crippen LogP contribution in [0.4, 0.5) is 0 Å². The molecule has 1 atom stereocenters. The summed E-state index contributed by atoms with van der Waals surface area (Å²) in [5.41, 5.74) is 1.57. The van der Waals surface area contributed by atoms with Gasteiger partial charge in [0.1, 0.15) is 6.04 Å². The van der Waals surface area contributed by atoms with E-state index in [0.29, 0.717) is 18.7 Å². The van der Waals surface area contributed by atoms with Crippen LogP contribution in [0, 0.1) is 6.92 Å². The zero-order chi connectivity index (χ0) is 17.3. The molecule has 3 rings (SSSR count). The van der Waals surface area contributed by atoms with Gasteiger partial charge in [0, 0.05) is 11.0 Å². The van der Waals surface area contributed by atoms with Gasteiger partial charge in [0.15, 0.2) is 5.69 Å². The van der Waals surface area contributed by atoms with E-state index < -0.39 is 12.0 Å². The molecular weight excluding hydrogens is 376 g/mol. The average Bonchev–Trinajstić information content (AvgIpc) is 2.95. The van der Waals surface area contributed by atoms with Crippen molar-refractivity contribution < 1.29 is 14.7 Å². The van der Waals surface area contributed by atoms with Crippen LogP contribution in [-0.4, -0.2) is 49.5 Å². The lowest BCUT2D eigenvalue weighted by atomic mass is 10.0. The topological polar surface area (TPSA) is 88.3 Å². The lowest BCUT2D eigenvalue weighted by Gasteiger charge is -2.32. The first-order chi connectivity index (χ1) is 11.5. The number of aliphatic carboxylic acids is 1. The van der Waals surface area contributed by atoms with Gasteiger partial charge in [-0.05, 0) is 44.4 Å². The fourth-order valence-corrected chi connectivity index (χ4v) is 3.33. The number of hydrogen-bond acceptors (Lipinski definition) is 4. The summed E-state index contributed by atoms with van der Waals surface area (Å²) in [6.45, 7) is 2.19. The molecule has 1 N–H and O–H groups in total. The van der Waals surface area contributed by atoms with Crippen molar-refractivity contribution in [2.24, 2.45) is 0 Å². The van der Waals surface area contributed by atoms with E-state index in [2.05, 4.69) is 26.2 Å². The fourth-order valence-electron chi connectivity index (χ4n) is 2.95. The van der Waals surface area contributed by atoms with Crippen LogP contribution >= 0.6 is 15.9 Å². The molecule has 0 radical (unpaired) electrons. The summed E-state index contributed by atoms with van der Waals surface area (Å²) in [4.78, 5) is 25.6. The van der Waals surface area contributed by atoms with Crippen LogP contribution < -0.4 is 0 Å². The number of carbonyl (C=O) groups is 2. The summed E-state index contributed by atoms with van der Waals surface area (Å²) >= 11 is 3.40. The Labute approximate surface area is 147 Å². The Balaban J connectivity index is 1.92. The van der Waals surface area contributed by atoms with Crippen molar-refractivity contribution in [1.82, 2.24) is 19.9 Å². The van der Waals surface area contributed by atoms with E-state index in [4.69, 9.17) is 0 Å². The van der Waals surface area contributed by atoms with Gasteiger partial charge in [0.2, 0.25) is 0 Å². The van der Waals surface area contributed by atoms with Crippen LogP contribution in [0.25, 0.3) is 5.69 Å². The summed E-state index contributed by atoms with van der Waals surface area (Å²) in [6, 6.07) is 6.71. The second-order valence-electron chi connectivity index (χ2n) is 5.76. The Morgan fingerprint density at radius 3 is 2.83 bits per heavy atom. The van der Waals surface area contributed by atoms with Crippen molar-refractivity contribution in [3.63, 3.8) is 0 Å². The number of halogens is 1. The van der Waals surface area contributed by atoms with Gasteiger partial charge in [-0.3, -0.25) is 4.79 Å². The Morgan fingerprint density at radius 2 is 2.12 bits per heavy atom. The standard InChI is InChI=1S/C16H17BrN4O3/c1-10-14(15(22)20-8-3-2-7-13(20)16(23)24)18-19-21(10)12-6-4-5-11(17)9-12/h4-6,9,13H,2-3,7-8H2,1H3,(H,23,24)/t13-/m1/s1. The Bertz CT molecular complexity index is 789. The van der Waals surface area contributed by atoms with Gasteiger partial charge in [0.05, 0.1) is 11.4 Å². The highest BCUT2D eigenvalue weighted by Gasteiger charge is 2.34. The first-order valence-electron chi connectivity index (χ1n) is 7.71. The van der Waals surface area contributed by atoms with E-state index in [1.807, 2.05) is 24.3 Å². The maximum Gasteiger partial charge on any atom is 0.326 e. The second kappa shape index (κ2) is 6.72. The molecular formula is C16H17BrN4O3. The highest BCUT2D eigenvalue weighted by Crippen LogP contribution is 2.22. The molecule has 2 heterocycles. The predicted molar refractivity (Wildman–Crippen MR) is 90.1 cm³/mol. The Kier molecular flexibility index (Phi) is 4.66. The number of hydrogen-bond donors (Lipinski definition) is 1. The maximum absolute atomic E-state index is 12.8. The molecule has 1 aromatic carbocycles. The average molecular weight is 393 g/mol. The fraction of sp³-hybridized carbons (Fsp3) is 0.375. The van der Waals surface area contributed by atoms with Crippen LogP contribution in [0.1, 0.15) is 35.4 Å². The van der Waals surface area contributed by atoms with Crippen molar-refractivity contribution in [2.75, 3.05) is 6.54 Å².